The summed E-state index contributed by atoms with van der Waals surface area (Å²) in [4.78, 5) is 12.4. The van der Waals surface area contributed by atoms with Gasteiger partial charge in [0.1, 0.15) is 5.75 Å². The summed E-state index contributed by atoms with van der Waals surface area (Å²) in [7, 11) is 1.63. The van der Waals surface area contributed by atoms with E-state index in [2.05, 4.69) is 5.32 Å². The summed E-state index contributed by atoms with van der Waals surface area (Å²) in [6, 6.07) is 13.4. The van der Waals surface area contributed by atoms with Crippen LogP contribution >= 0.6 is 11.6 Å². The second-order valence-corrected chi connectivity index (χ2v) is 6.11. The Kier molecular flexibility index (Phi) is 4.08. The van der Waals surface area contributed by atoms with Gasteiger partial charge in [0.05, 0.1) is 7.11 Å². The predicted molar refractivity (Wildman–Crippen MR) is 88.7 cm³/mol. The average molecular weight is 316 g/mol. The quantitative estimate of drug-likeness (QED) is 0.908. The Labute approximate surface area is 135 Å². The molecule has 0 heterocycles. The molecule has 1 aliphatic carbocycles. The van der Waals surface area contributed by atoms with Gasteiger partial charge in [0, 0.05) is 16.6 Å². The summed E-state index contributed by atoms with van der Waals surface area (Å²) in [6.07, 6.45) is 0.892. The zero-order valence-electron chi connectivity index (χ0n) is 12.6. The van der Waals surface area contributed by atoms with Crippen molar-refractivity contribution in [2.45, 2.75) is 19.3 Å². The number of anilines is 1. The molecular weight excluding hydrogens is 298 g/mol. The molecule has 1 amide bonds. The number of carbonyl (C=O) groups is 1. The van der Waals surface area contributed by atoms with E-state index >= 15 is 0 Å². The average Bonchev–Trinajstić information content (AvgIpc) is 3.30. The minimum atomic E-state index is 0.0441. The first kappa shape index (κ1) is 14.9. The molecule has 0 saturated heterocycles. The first-order chi connectivity index (χ1) is 10.6. The summed E-state index contributed by atoms with van der Waals surface area (Å²) in [5.74, 6) is 1.22. The molecule has 1 saturated carbocycles. The molecule has 2 aromatic rings. The van der Waals surface area contributed by atoms with Crippen molar-refractivity contribution in [2.24, 2.45) is 5.92 Å². The van der Waals surface area contributed by atoms with E-state index in [1.54, 1.807) is 7.11 Å². The molecule has 2 unspecified atom stereocenters. The largest absolute Gasteiger partial charge is 0.497 e. The van der Waals surface area contributed by atoms with Crippen LogP contribution in [0.25, 0.3) is 0 Å². The van der Waals surface area contributed by atoms with Gasteiger partial charge >= 0.3 is 0 Å². The fraction of sp³-hybridized carbons (Fsp3) is 0.278. The fourth-order valence-electron chi connectivity index (χ4n) is 2.69. The highest BCUT2D eigenvalue weighted by Crippen LogP contribution is 2.48. The topological polar surface area (TPSA) is 38.3 Å². The van der Waals surface area contributed by atoms with Crippen LogP contribution < -0.4 is 10.1 Å². The van der Waals surface area contributed by atoms with Gasteiger partial charge in [-0.05, 0) is 60.7 Å². The van der Waals surface area contributed by atoms with Crippen molar-refractivity contribution >= 4 is 23.2 Å². The maximum Gasteiger partial charge on any atom is 0.228 e. The molecule has 3 nitrogen and oxygen atoms in total. The lowest BCUT2D eigenvalue weighted by molar-refractivity contribution is -0.117. The number of rotatable bonds is 4. The van der Waals surface area contributed by atoms with Crippen molar-refractivity contribution in [2.75, 3.05) is 12.4 Å². The number of amides is 1. The molecule has 0 radical (unpaired) electrons. The van der Waals surface area contributed by atoms with Crippen LogP contribution in [0.3, 0.4) is 0 Å². The smallest absolute Gasteiger partial charge is 0.228 e. The number of ether oxygens (including phenoxy) is 1. The van der Waals surface area contributed by atoms with Gasteiger partial charge in [-0.2, -0.15) is 0 Å². The van der Waals surface area contributed by atoms with Gasteiger partial charge < -0.3 is 10.1 Å². The minimum absolute atomic E-state index is 0.0441. The fourth-order valence-corrected chi connectivity index (χ4v) is 2.82. The number of hydrogen-bond donors (Lipinski definition) is 1. The zero-order chi connectivity index (χ0) is 15.7. The molecule has 2 aromatic carbocycles. The molecular formula is C18H18ClNO2. The van der Waals surface area contributed by atoms with E-state index in [0.29, 0.717) is 5.92 Å². The van der Waals surface area contributed by atoms with Gasteiger partial charge in [-0.3, -0.25) is 4.79 Å². The van der Waals surface area contributed by atoms with Crippen LogP contribution in [0, 0.1) is 12.8 Å². The van der Waals surface area contributed by atoms with E-state index in [1.165, 1.54) is 5.56 Å². The van der Waals surface area contributed by atoms with Crippen LogP contribution in [0.4, 0.5) is 5.69 Å². The van der Waals surface area contributed by atoms with E-state index in [4.69, 9.17) is 16.3 Å². The molecule has 0 aromatic heterocycles. The van der Waals surface area contributed by atoms with Crippen LogP contribution in [-0.2, 0) is 4.79 Å². The molecule has 3 rings (SSSR count). The number of methoxy groups -OCH3 is 1. The van der Waals surface area contributed by atoms with E-state index in [-0.39, 0.29) is 11.8 Å². The first-order valence-electron chi connectivity index (χ1n) is 7.29. The van der Waals surface area contributed by atoms with Crippen molar-refractivity contribution < 1.29 is 9.53 Å². The predicted octanol–water partition coefficient (Wildman–Crippen LogP) is 4.40. The first-order valence-corrected chi connectivity index (χ1v) is 7.67. The lowest BCUT2D eigenvalue weighted by Gasteiger charge is -2.10. The van der Waals surface area contributed by atoms with Crippen molar-refractivity contribution in [3.8, 4) is 5.75 Å². The van der Waals surface area contributed by atoms with Crippen molar-refractivity contribution in [1.82, 2.24) is 0 Å². The van der Waals surface area contributed by atoms with Crippen LogP contribution in [0.5, 0.6) is 5.75 Å². The normalized spacial score (nSPS) is 19.6. The Bertz CT molecular complexity index is 697. The van der Waals surface area contributed by atoms with E-state index in [0.717, 1.165) is 28.4 Å². The van der Waals surface area contributed by atoms with E-state index < -0.39 is 0 Å². The highest BCUT2D eigenvalue weighted by molar-refractivity contribution is 6.30. The third kappa shape index (κ3) is 3.09. The molecule has 4 heteroatoms. The lowest BCUT2D eigenvalue weighted by Crippen LogP contribution is -2.15. The van der Waals surface area contributed by atoms with Crippen LogP contribution in [0.1, 0.15) is 23.5 Å². The van der Waals surface area contributed by atoms with Crippen LogP contribution in [0.2, 0.25) is 5.02 Å². The molecule has 0 aliphatic heterocycles. The summed E-state index contributed by atoms with van der Waals surface area (Å²) >= 11 is 5.90. The van der Waals surface area contributed by atoms with Gasteiger partial charge in [-0.1, -0.05) is 23.7 Å². The van der Waals surface area contributed by atoms with Crippen LogP contribution in [0.15, 0.2) is 42.5 Å². The molecule has 22 heavy (non-hydrogen) atoms. The van der Waals surface area contributed by atoms with Crippen LogP contribution in [-0.4, -0.2) is 13.0 Å². The highest BCUT2D eigenvalue weighted by atomic mass is 35.5. The second-order valence-electron chi connectivity index (χ2n) is 5.67. The summed E-state index contributed by atoms with van der Waals surface area (Å²) in [6.45, 7) is 1.96. The number of aryl methyl sites for hydroxylation is 1. The molecule has 0 bridgehead atoms. The number of nitrogens with one attached hydrogen (secondary N) is 1. The summed E-state index contributed by atoms with van der Waals surface area (Å²) in [5, 5.41) is 3.74. The van der Waals surface area contributed by atoms with E-state index in [1.807, 2.05) is 49.4 Å². The Morgan fingerprint density at radius 2 is 1.95 bits per heavy atom. The van der Waals surface area contributed by atoms with Gasteiger partial charge in [-0.25, -0.2) is 0 Å². The van der Waals surface area contributed by atoms with Gasteiger partial charge in [-0.15, -0.1) is 0 Å². The number of hydrogen-bond acceptors (Lipinski definition) is 2. The number of halogens is 1. The Hall–Kier alpha value is -2.00. The zero-order valence-corrected chi connectivity index (χ0v) is 13.4. The van der Waals surface area contributed by atoms with E-state index in [9.17, 15) is 4.79 Å². The standard InChI is InChI=1S/C18H18ClNO2/c1-11-9-14(22-2)7-8-17(11)20-18(21)16-10-15(16)12-3-5-13(19)6-4-12/h3-9,15-16H,10H2,1-2H3,(H,20,21). The minimum Gasteiger partial charge on any atom is -0.497 e. The van der Waals surface area contributed by atoms with Gasteiger partial charge in [0.15, 0.2) is 0 Å². The SMILES string of the molecule is COc1ccc(NC(=O)C2CC2c2ccc(Cl)cc2)c(C)c1. The molecule has 114 valence electrons. The molecule has 1 aliphatic rings. The number of benzene rings is 2. The lowest BCUT2D eigenvalue weighted by atomic mass is 10.1. The molecule has 2 atom stereocenters. The van der Waals surface area contributed by atoms with Gasteiger partial charge in [0.2, 0.25) is 5.91 Å². The van der Waals surface area contributed by atoms with Gasteiger partial charge in [0.25, 0.3) is 0 Å². The molecule has 1 N–H and O–H groups in total. The molecule has 1 fully saturated rings. The Morgan fingerprint density at radius 3 is 2.59 bits per heavy atom. The monoisotopic (exact) mass is 315 g/mol. The van der Waals surface area contributed by atoms with Crippen molar-refractivity contribution in [3.05, 3.63) is 58.6 Å². The molecule has 0 spiro atoms. The highest BCUT2D eigenvalue weighted by Gasteiger charge is 2.43. The van der Waals surface area contributed by atoms with Crippen molar-refractivity contribution in [1.29, 1.82) is 0 Å². The maximum atomic E-state index is 12.4. The summed E-state index contributed by atoms with van der Waals surface area (Å²) in [5.41, 5.74) is 3.01. The second kappa shape index (κ2) is 6.01. The number of carbonyl (C=O) groups excluding carboxylic acids is 1. The Balaban J connectivity index is 1.65. The third-order valence-corrected chi connectivity index (χ3v) is 4.37. The third-order valence-electron chi connectivity index (χ3n) is 4.12. The Morgan fingerprint density at radius 1 is 1.23 bits per heavy atom. The summed E-state index contributed by atoms with van der Waals surface area (Å²) < 4.78 is 5.18. The maximum absolute atomic E-state index is 12.4. The van der Waals surface area contributed by atoms with Crippen molar-refractivity contribution in [3.63, 3.8) is 0 Å².